The number of hydrogen-bond donors (Lipinski definition) is 2. The Morgan fingerprint density at radius 3 is 2.68 bits per heavy atom. The molecule has 4 rings (SSSR count). The third-order valence-corrected chi connectivity index (χ3v) is 4.87. The van der Waals surface area contributed by atoms with E-state index in [-0.39, 0.29) is 18.3 Å². The third-order valence-electron chi connectivity index (χ3n) is 4.87. The van der Waals surface area contributed by atoms with Crippen molar-refractivity contribution < 1.29 is 4.79 Å². The lowest BCUT2D eigenvalue weighted by Gasteiger charge is -2.30. The van der Waals surface area contributed by atoms with E-state index < -0.39 is 6.04 Å². The molecule has 0 bridgehead atoms. The van der Waals surface area contributed by atoms with Gasteiger partial charge in [-0.25, -0.2) is 0 Å². The normalized spacial score (nSPS) is 14.7. The smallest absolute Gasteiger partial charge is 0.240 e. The average Bonchev–Trinajstić information content (AvgIpc) is 3.03. The zero-order chi connectivity index (χ0) is 16.5. The van der Waals surface area contributed by atoms with Crippen LogP contribution in [0.25, 0.3) is 10.9 Å². The van der Waals surface area contributed by atoms with Gasteiger partial charge in [0.05, 0.1) is 6.04 Å². The molecule has 1 amide bonds. The molecule has 3 aromatic rings. The molecule has 1 atom stereocenters. The molecule has 5 heteroatoms. The number of aromatic amines is 1. The minimum atomic E-state index is -0.505. The molecule has 0 spiro atoms. The first-order valence-corrected chi connectivity index (χ1v) is 8.38. The Morgan fingerprint density at radius 2 is 1.84 bits per heavy atom. The van der Waals surface area contributed by atoms with Gasteiger partial charge in [-0.3, -0.25) is 4.79 Å². The van der Waals surface area contributed by atoms with Gasteiger partial charge in [0.2, 0.25) is 5.91 Å². The monoisotopic (exact) mass is 355 g/mol. The summed E-state index contributed by atoms with van der Waals surface area (Å²) in [7, 11) is 0. The summed E-state index contributed by atoms with van der Waals surface area (Å²) in [6.07, 6.45) is 3.42. The van der Waals surface area contributed by atoms with Gasteiger partial charge in [-0.05, 0) is 35.6 Å². The van der Waals surface area contributed by atoms with E-state index in [1.165, 1.54) is 11.1 Å². The van der Waals surface area contributed by atoms with Gasteiger partial charge in [-0.15, -0.1) is 12.4 Å². The number of para-hydroxylation sites is 1. The molecule has 4 nitrogen and oxygen atoms in total. The van der Waals surface area contributed by atoms with Crippen LogP contribution in [0.5, 0.6) is 0 Å². The van der Waals surface area contributed by atoms with Gasteiger partial charge in [-0.1, -0.05) is 42.5 Å². The summed E-state index contributed by atoms with van der Waals surface area (Å²) in [5.41, 5.74) is 11.0. The first-order valence-electron chi connectivity index (χ1n) is 8.38. The summed E-state index contributed by atoms with van der Waals surface area (Å²) in [5.74, 6) is 0.0368. The zero-order valence-electron chi connectivity index (χ0n) is 13.9. The Morgan fingerprint density at radius 1 is 1.12 bits per heavy atom. The van der Waals surface area contributed by atoms with E-state index in [9.17, 15) is 4.79 Å². The van der Waals surface area contributed by atoms with Crippen LogP contribution >= 0.6 is 12.4 Å². The second kappa shape index (κ2) is 7.30. The maximum atomic E-state index is 12.8. The highest BCUT2D eigenvalue weighted by Crippen LogP contribution is 2.21. The number of nitrogens with two attached hydrogens (primary N) is 1. The second-order valence-electron chi connectivity index (χ2n) is 6.45. The van der Waals surface area contributed by atoms with Crippen LogP contribution < -0.4 is 5.73 Å². The maximum Gasteiger partial charge on any atom is 0.240 e. The largest absolute Gasteiger partial charge is 0.361 e. The number of halogens is 1. The first kappa shape index (κ1) is 17.5. The van der Waals surface area contributed by atoms with Crippen molar-refractivity contribution in [1.82, 2.24) is 9.88 Å². The van der Waals surface area contributed by atoms with Crippen LogP contribution in [-0.4, -0.2) is 28.4 Å². The molecule has 0 aliphatic carbocycles. The number of nitrogens with one attached hydrogen (secondary N) is 1. The fourth-order valence-corrected chi connectivity index (χ4v) is 3.54. The summed E-state index contributed by atoms with van der Waals surface area (Å²) in [6, 6.07) is 15.9. The molecule has 25 heavy (non-hydrogen) atoms. The van der Waals surface area contributed by atoms with E-state index in [1.807, 2.05) is 35.4 Å². The summed E-state index contributed by atoms with van der Waals surface area (Å²) in [5, 5.41) is 1.14. The van der Waals surface area contributed by atoms with Gasteiger partial charge in [0.1, 0.15) is 0 Å². The van der Waals surface area contributed by atoms with Crippen LogP contribution in [-0.2, 0) is 24.2 Å². The van der Waals surface area contributed by atoms with Crippen molar-refractivity contribution in [3.63, 3.8) is 0 Å². The molecule has 3 N–H and O–H groups in total. The maximum absolute atomic E-state index is 12.8. The van der Waals surface area contributed by atoms with Crippen molar-refractivity contribution in [1.29, 1.82) is 0 Å². The van der Waals surface area contributed by atoms with Crippen molar-refractivity contribution in [2.45, 2.75) is 25.4 Å². The summed E-state index contributed by atoms with van der Waals surface area (Å²) in [6.45, 7) is 1.41. The number of rotatable bonds is 3. The number of carbonyl (C=O) groups excluding carboxylic acids is 1. The highest BCUT2D eigenvalue weighted by atomic mass is 35.5. The van der Waals surface area contributed by atoms with Crippen LogP contribution in [0, 0.1) is 0 Å². The Hall–Kier alpha value is -2.30. The van der Waals surface area contributed by atoms with Crippen LogP contribution in [0.4, 0.5) is 0 Å². The number of fused-ring (bicyclic) bond motifs is 2. The second-order valence-corrected chi connectivity index (χ2v) is 6.45. The quantitative estimate of drug-likeness (QED) is 0.758. The molecular weight excluding hydrogens is 334 g/mol. The fraction of sp³-hybridized carbons (Fsp3) is 0.250. The SMILES string of the molecule is Cl.N[C@@H](Cc1c[nH]c2ccccc12)C(=O)N1CCc2ccccc2C1. The predicted molar refractivity (Wildman–Crippen MR) is 103 cm³/mol. The van der Waals surface area contributed by atoms with Crippen molar-refractivity contribution in [2.24, 2.45) is 5.73 Å². The van der Waals surface area contributed by atoms with Crippen LogP contribution in [0.2, 0.25) is 0 Å². The minimum absolute atomic E-state index is 0. The van der Waals surface area contributed by atoms with Crippen molar-refractivity contribution in [3.05, 3.63) is 71.4 Å². The Kier molecular flexibility index (Phi) is 5.11. The Labute approximate surface area is 153 Å². The Bertz CT molecular complexity index is 889. The lowest BCUT2D eigenvalue weighted by Crippen LogP contribution is -2.46. The minimum Gasteiger partial charge on any atom is -0.361 e. The Balaban J connectivity index is 0.00000182. The van der Waals surface area contributed by atoms with Crippen LogP contribution in [0.1, 0.15) is 16.7 Å². The number of benzene rings is 2. The molecule has 1 aliphatic rings. The van der Waals surface area contributed by atoms with Gasteiger partial charge in [-0.2, -0.15) is 0 Å². The van der Waals surface area contributed by atoms with Crippen molar-refractivity contribution >= 4 is 29.2 Å². The number of amides is 1. The van der Waals surface area contributed by atoms with E-state index in [0.717, 1.165) is 29.4 Å². The summed E-state index contributed by atoms with van der Waals surface area (Å²) >= 11 is 0. The average molecular weight is 356 g/mol. The van der Waals surface area contributed by atoms with Crippen molar-refractivity contribution in [3.8, 4) is 0 Å². The highest BCUT2D eigenvalue weighted by Gasteiger charge is 2.25. The topological polar surface area (TPSA) is 62.1 Å². The fourth-order valence-electron chi connectivity index (χ4n) is 3.54. The van der Waals surface area contributed by atoms with Crippen molar-refractivity contribution in [2.75, 3.05) is 6.54 Å². The standard InChI is InChI=1S/C20H21N3O.ClH/c21-18(11-16-12-22-19-8-4-3-7-17(16)19)20(24)23-10-9-14-5-1-2-6-15(14)13-23;/h1-8,12,18,22H,9-11,13,21H2;1H/t18-;/m0./s1. The van der Waals surface area contributed by atoms with Crippen LogP contribution in [0.3, 0.4) is 0 Å². The molecular formula is C20H22ClN3O. The molecule has 1 aliphatic heterocycles. The lowest BCUT2D eigenvalue weighted by atomic mass is 9.98. The molecule has 0 saturated carbocycles. The molecule has 2 heterocycles. The molecule has 0 fully saturated rings. The van der Waals surface area contributed by atoms with E-state index in [4.69, 9.17) is 5.73 Å². The van der Waals surface area contributed by atoms with E-state index in [0.29, 0.717) is 13.0 Å². The van der Waals surface area contributed by atoms with Gasteiger partial charge in [0.15, 0.2) is 0 Å². The first-order chi connectivity index (χ1) is 11.7. The zero-order valence-corrected chi connectivity index (χ0v) is 14.8. The lowest BCUT2D eigenvalue weighted by molar-refractivity contribution is -0.133. The van der Waals surface area contributed by atoms with Gasteiger partial charge < -0.3 is 15.6 Å². The third kappa shape index (κ3) is 3.41. The summed E-state index contributed by atoms with van der Waals surface area (Å²) in [4.78, 5) is 17.9. The predicted octanol–water partition coefficient (Wildman–Crippen LogP) is 3.04. The molecule has 2 aromatic carbocycles. The van der Waals surface area contributed by atoms with E-state index in [2.05, 4.69) is 29.2 Å². The van der Waals surface area contributed by atoms with Gasteiger partial charge in [0, 0.05) is 30.2 Å². The highest BCUT2D eigenvalue weighted by molar-refractivity contribution is 5.86. The molecule has 0 radical (unpaired) electrons. The van der Waals surface area contributed by atoms with E-state index in [1.54, 1.807) is 0 Å². The number of nitrogens with zero attached hydrogens (tertiary/aromatic N) is 1. The van der Waals surface area contributed by atoms with Crippen LogP contribution in [0.15, 0.2) is 54.7 Å². The van der Waals surface area contributed by atoms with Gasteiger partial charge >= 0.3 is 0 Å². The molecule has 0 unspecified atom stereocenters. The number of carbonyl (C=O) groups is 1. The van der Waals surface area contributed by atoms with Gasteiger partial charge in [0.25, 0.3) is 0 Å². The number of hydrogen-bond acceptors (Lipinski definition) is 2. The molecule has 130 valence electrons. The summed E-state index contributed by atoms with van der Waals surface area (Å²) < 4.78 is 0. The molecule has 0 saturated heterocycles. The number of aromatic nitrogens is 1. The molecule has 1 aromatic heterocycles. The number of H-pyrrole nitrogens is 1. The van der Waals surface area contributed by atoms with E-state index >= 15 is 0 Å².